The molecule has 0 saturated carbocycles. The van der Waals surface area contributed by atoms with Crippen LogP contribution >= 0.6 is 0 Å². The molecule has 1 rings (SSSR count). The highest BCUT2D eigenvalue weighted by Gasteiger charge is 2.02. The predicted molar refractivity (Wildman–Crippen MR) is 60.1 cm³/mol. The molecule has 80 valence electrons. The average molecular weight is 186 g/mol. The largest absolute Gasteiger partial charge is 0.317 e. The van der Waals surface area contributed by atoms with E-state index in [1.54, 1.807) is 0 Å². The number of nitrogens with one attached hydrogen (secondary N) is 2. The van der Waals surface area contributed by atoms with Gasteiger partial charge in [-0.15, -0.1) is 0 Å². The van der Waals surface area contributed by atoms with Gasteiger partial charge in [0.25, 0.3) is 0 Å². The summed E-state index contributed by atoms with van der Waals surface area (Å²) in [5, 5.41) is 6.93. The van der Waals surface area contributed by atoms with Gasteiger partial charge in [-0.2, -0.15) is 0 Å². The van der Waals surface area contributed by atoms with Gasteiger partial charge >= 0.3 is 0 Å². The van der Waals surface area contributed by atoms with Crippen LogP contribution in [-0.4, -0.2) is 26.2 Å². The van der Waals surface area contributed by atoms with Crippen LogP contribution < -0.4 is 10.6 Å². The van der Waals surface area contributed by atoms with Gasteiger partial charge in [0.15, 0.2) is 0 Å². The second-order valence-corrected chi connectivity index (χ2v) is 3.56. The first-order valence-electron chi connectivity index (χ1n) is 5.81. The lowest BCUT2D eigenvalue weighted by Crippen LogP contribution is -2.28. The summed E-state index contributed by atoms with van der Waals surface area (Å²) < 4.78 is 0. The summed E-state index contributed by atoms with van der Waals surface area (Å²) >= 11 is 0. The van der Waals surface area contributed by atoms with E-state index in [9.17, 15) is 0 Å². The Morgan fingerprint density at radius 2 is 1.54 bits per heavy atom. The third-order valence-electron chi connectivity index (χ3n) is 2.26. The third-order valence-corrected chi connectivity index (χ3v) is 2.26. The van der Waals surface area contributed by atoms with Gasteiger partial charge in [-0.25, -0.2) is 0 Å². The van der Waals surface area contributed by atoms with Crippen molar-refractivity contribution < 1.29 is 0 Å². The molecular formula is C11H26N2. The second kappa shape index (κ2) is 10.0. The van der Waals surface area contributed by atoms with E-state index < -0.39 is 0 Å². The quantitative estimate of drug-likeness (QED) is 0.605. The summed E-state index contributed by atoms with van der Waals surface area (Å²) in [4.78, 5) is 0. The van der Waals surface area contributed by atoms with Gasteiger partial charge in [0, 0.05) is 0 Å². The van der Waals surface area contributed by atoms with Gasteiger partial charge in [-0.1, -0.05) is 20.8 Å². The van der Waals surface area contributed by atoms with Gasteiger partial charge in [-0.05, 0) is 51.4 Å². The van der Waals surface area contributed by atoms with Crippen LogP contribution in [0.2, 0.25) is 0 Å². The maximum Gasteiger partial charge on any atom is -0.00227 e. The number of rotatable bonds is 0. The molecule has 13 heavy (non-hydrogen) atoms. The average Bonchev–Trinajstić information content (AvgIpc) is 2.19. The smallest absolute Gasteiger partial charge is 0.00227 e. The van der Waals surface area contributed by atoms with Crippen molar-refractivity contribution in [1.82, 2.24) is 10.6 Å². The molecule has 0 aromatic rings. The first-order valence-corrected chi connectivity index (χ1v) is 5.81. The monoisotopic (exact) mass is 186 g/mol. The highest BCUT2D eigenvalue weighted by Crippen LogP contribution is 1.99. The normalized spacial score (nSPS) is 25.6. The summed E-state index contributed by atoms with van der Waals surface area (Å²) in [6.07, 6.45) is 3.95. The standard InChI is InChI=1S/C9H20N2.C2H6/c1-9-4-7-10-5-2-3-6-11-8-9;1-2/h9-11H,2-8H2,1H3;1-2H3. The van der Waals surface area contributed by atoms with Gasteiger partial charge in [0.1, 0.15) is 0 Å². The second-order valence-electron chi connectivity index (χ2n) is 3.56. The predicted octanol–water partition coefficient (Wildman–Crippen LogP) is 2.01. The SMILES string of the molecule is CC.CC1CCNCCCCNC1. The van der Waals surface area contributed by atoms with E-state index in [1.807, 2.05) is 13.8 Å². The van der Waals surface area contributed by atoms with E-state index in [0.717, 1.165) is 5.92 Å². The van der Waals surface area contributed by atoms with E-state index in [2.05, 4.69) is 17.6 Å². The zero-order valence-electron chi connectivity index (χ0n) is 9.53. The molecule has 2 nitrogen and oxygen atoms in total. The molecule has 1 saturated heterocycles. The summed E-state index contributed by atoms with van der Waals surface area (Å²) in [5.74, 6) is 0.834. The molecule has 1 fully saturated rings. The van der Waals surface area contributed by atoms with Crippen molar-refractivity contribution in [2.75, 3.05) is 26.2 Å². The van der Waals surface area contributed by atoms with E-state index in [1.165, 1.54) is 45.4 Å². The molecule has 0 aromatic carbocycles. The van der Waals surface area contributed by atoms with Crippen molar-refractivity contribution in [1.29, 1.82) is 0 Å². The molecule has 0 spiro atoms. The fourth-order valence-electron chi connectivity index (χ4n) is 1.42. The van der Waals surface area contributed by atoms with E-state index in [4.69, 9.17) is 0 Å². The highest BCUT2D eigenvalue weighted by atomic mass is 14.9. The topological polar surface area (TPSA) is 24.1 Å². The summed E-state index contributed by atoms with van der Waals surface area (Å²) in [7, 11) is 0. The summed E-state index contributed by atoms with van der Waals surface area (Å²) in [6.45, 7) is 11.1. The van der Waals surface area contributed by atoms with Crippen molar-refractivity contribution in [2.24, 2.45) is 5.92 Å². The summed E-state index contributed by atoms with van der Waals surface area (Å²) in [6, 6.07) is 0. The van der Waals surface area contributed by atoms with E-state index in [0.29, 0.717) is 0 Å². The first kappa shape index (κ1) is 12.9. The van der Waals surface area contributed by atoms with E-state index in [-0.39, 0.29) is 0 Å². The molecule has 1 unspecified atom stereocenters. The van der Waals surface area contributed by atoms with Crippen LogP contribution in [-0.2, 0) is 0 Å². The molecule has 0 radical (unpaired) electrons. The Morgan fingerprint density at radius 1 is 0.923 bits per heavy atom. The van der Waals surface area contributed by atoms with Gasteiger partial charge < -0.3 is 10.6 Å². The Bertz CT molecular complexity index is 84.1. The molecule has 0 aromatic heterocycles. The lowest BCUT2D eigenvalue weighted by atomic mass is 10.1. The van der Waals surface area contributed by atoms with Gasteiger partial charge in [-0.3, -0.25) is 0 Å². The van der Waals surface area contributed by atoms with Gasteiger partial charge in [0.2, 0.25) is 0 Å². The minimum Gasteiger partial charge on any atom is -0.317 e. The Balaban J connectivity index is 0.000000671. The van der Waals surface area contributed by atoms with Crippen LogP contribution in [0, 0.1) is 5.92 Å². The van der Waals surface area contributed by atoms with Crippen LogP contribution in [0.5, 0.6) is 0 Å². The lowest BCUT2D eigenvalue weighted by molar-refractivity contribution is 0.438. The maximum atomic E-state index is 3.48. The van der Waals surface area contributed by atoms with Crippen molar-refractivity contribution in [3.63, 3.8) is 0 Å². The van der Waals surface area contributed by atoms with Crippen LogP contribution in [0.25, 0.3) is 0 Å². The fourth-order valence-corrected chi connectivity index (χ4v) is 1.42. The van der Waals surface area contributed by atoms with Crippen molar-refractivity contribution in [3.05, 3.63) is 0 Å². The molecule has 0 amide bonds. The molecule has 1 aliphatic heterocycles. The molecule has 1 heterocycles. The zero-order valence-corrected chi connectivity index (χ0v) is 9.53. The molecule has 1 atom stereocenters. The van der Waals surface area contributed by atoms with E-state index >= 15 is 0 Å². The maximum absolute atomic E-state index is 3.48. The molecule has 0 bridgehead atoms. The first-order chi connectivity index (χ1) is 6.39. The minimum absolute atomic E-state index is 0.834. The van der Waals surface area contributed by atoms with Gasteiger partial charge in [0.05, 0.1) is 0 Å². The Labute approximate surface area is 83.5 Å². The Hall–Kier alpha value is -0.0800. The Morgan fingerprint density at radius 3 is 2.23 bits per heavy atom. The van der Waals surface area contributed by atoms with Crippen molar-refractivity contribution in [3.8, 4) is 0 Å². The molecule has 1 aliphatic rings. The molecule has 2 heteroatoms. The number of hydrogen-bond donors (Lipinski definition) is 2. The minimum atomic E-state index is 0.834. The Kier molecular flexibility index (Phi) is 9.94. The van der Waals surface area contributed by atoms with Crippen molar-refractivity contribution in [2.45, 2.75) is 40.0 Å². The fraction of sp³-hybridized carbons (Fsp3) is 1.00. The molecule has 2 N–H and O–H groups in total. The number of hydrogen-bond acceptors (Lipinski definition) is 2. The van der Waals surface area contributed by atoms with Crippen LogP contribution in [0.15, 0.2) is 0 Å². The lowest BCUT2D eigenvalue weighted by Gasteiger charge is -2.15. The zero-order chi connectivity index (χ0) is 9.94. The molecule has 0 aliphatic carbocycles. The third kappa shape index (κ3) is 8.26. The van der Waals surface area contributed by atoms with Crippen molar-refractivity contribution >= 4 is 0 Å². The summed E-state index contributed by atoms with van der Waals surface area (Å²) in [5.41, 5.74) is 0. The van der Waals surface area contributed by atoms with Crippen LogP contribution in [0.1, 0.15) is 40.0 Å². The van der Waals surface area contributed by atoms with Crippen LogP contribution in [0.4, 0.5) is 0 Å². The highest BCUT2D eigenvalue weighted by molar-refractivity contribution is 4.62. The van der Waals surface area contributed by atoms with Crippen LogP contribution in [0.3, 0.4) is 0 Å². The molecular weight excluding hydrogens is 160 g/mol.